The highest BCUT2D eigenvalue weighted by Crippen LogP contribution is 2.44. The van der Waals surface area contributed by atoms with Crippen molar-refractivity contribution < 1.29 is 8.42 Å². The Hall–Kier alpha value is -0.510. The summed E-state index contributed by atoms with van der Waals surface area (Å²) in [5, 5.41) is 0.584. The van der Waals surface area contributed by atoms with Crippen molar-refractivity contribution in [2.24, 2.45) is 11.3 Å². The summed E-state index contributed by atoms with van der Waals surface area (Å²) in [5.74, 6) is 0.630. The third kappa shape index (κ3) is 4.00. The van der Waals surface area contributed by atoms with E-state index in [-0.39, 0.29) is 16.4 Å². The molecule has 1 saturated carbocycles. The number of fused-ring (bicyclic) bond motifs is 1. The molecule has 0 radical (unpaired) electrons. The maximum Gasteiger partial charge on any atom is 0.157 e. The molecule has 2 unspecified atom stereocenters. The van der Waals surface area contributed by atoms with E-state index in [1.54, 1.807) is 18.2 Å². The highest BCUT2D eigenvalue weighted by molar-refractivity contribution is 7.91. The molecule has 0 N–H and O–H groups in total. The molecule has 2 atom stereocenters. The van der Waals surface area contributed by atoms with Crippen LogP contribution in [0.15, 0.2) is 29.8 Å². The average Bonchev–Trinajstić information content (AvgIpc) is 2.49. The number of benzene rings is 1. The lowest BCUT2D eigenvalue weighted by Crippen LogP contribution is -2.32. The van der Waals surface area contributed by atoms with Crippen molar-refractivity contribution in [3.63, 3.8) is 0 Å². The van der Waals surface area contributed by atoms with Gasteiger partial charge in [-0.25, -0.2) is 8.42 Å². The maximum atomic E-state index is 12.9. The van der Waals surface area contributed by atoms with Crippen LogP contribution >= 0.6 is 23.2 Å². The van der Waals surface area contributed by atoms with Gasteiger partial charge in [0.05, 0.1) is 21.0 Å². The van der Waals surface area contributed by atoms with E-state index in [9.17, 15) is 8.42 Å². The molecular weight excluding hydrogens is 363 g/mol. The Morgan fingerprint density at radius 2 is 1.88 bits per heavy atom. The standard InChI is InChI=1S/C19H24Cl2O2S/c1-19(2)8-7-14-4-5-16(10-15(14)11-19)24(22,23)12-13-3-6-17(20)18(21)9-13/h3,6,9,11,14,16H,4-5,7-8,10,12H2,1-2H3. The van der Waals surface area contributed by atoms with E-state index in [1.165, 1.54) is 18.4 Å². The van der Waals surface area contributed by atoms with Crippen molar-refractivity contribution in [3.8, 4) is 0 Å². The summed E-state index contributed by atoms with van der Waals surface area (Å²) in [5.41, 5.74) is 2.27. The van der Waals surface area contributed by atoms with Crippen LogP contribution in [0, 0.1) is 11.3 Å². The number of rotatable bonds is 3. The summed E-state index contributed by atoms with van der Waals surface area (Å²) in [6.45, 7) is 4.48. The lowest BCUT2D eigenvalue weighted by molar-refractivity contribution is 0.307. The summed E-state index contributed by atoms with van der Waals surface area (Å²) in [6.07, 6.45) is 7.18. The van der Waals surface area contributed by atoms with Crippen LogP contribution in [0.2, 0.25) is 10.0 Å². The largest absolute Gasteiger partial charge is 0.228 e. The molecule has 24 heavy (non-hydrogen) atoms. The van der Waals surface area contributed by atoms with Gasteiger partial charge in [-0.1, -0.05) is 54.8 Å². The first-order valence-electron chi connectivity index (χ1n) is 8.53. The lowest BCUT2D eigenvalue weighted by Gasteiger charge is -2.38. The first kappa shape index (κ1) is 18.3. The molecule has 2 aliphatic rings. The minimum Gasteiger partial charge on any atom is -0.228 e. The molecular formula is C19H24Cl2O2S. The monoisotopic (exact) mass is 386 g/mol. The van der Waals surface area contributed by atoms with Crippen molar-refractivity contribution in [1.82, 2.24) is 0 Å². The summed E-state index contributed by atoms with van der Waals surface area (Å²) < 4.78 is 25.8. The molecule has 1 aromatic carbocycles. The Kier molecular flexibility index (Phi) is 5.07. The summed E-state index contributed by atoms with van der Waals surface area (Å²) in [4.78, 5) is 0. The second kappa shape index (κ2) is 6.66. The van der Waals surface area contributed by atoms with Crippen molar-refractivity contribution in [3.05, 3.63) is 45.5 Å². The van der Waals surface area contributed by atoms with Crippen LogP contribution in [0.1, 0.15) is 51.5 Å². The Balaban J connectivity index is 1.78. The Morgan fingerprint density at radius 3 is 2.58 bits per heavy atom. The van der Waals surface area contributed by atoms with Crippen LogP contribution in [0.5, 0.6) is 0 Å². The van der Waals surface area contributed by atoms with Gasteiger partial charge in [0.2, 0.25) is 0 Å². The molecule has 0 spiro atoms. The Morgan fingerprint density at radius 1 is 1.12 bits per heavy atom. The normalized spacial score (nSPS) is 26.6. The number of hydrogen-bond acceptors (Lipinski definition) is 2. The van der Waals surface area contributed by atoms with Gasteiger partial charge in [0.15, 0.2) is 9.84 Å². The molecule has 132 valence electrons. The fourth-order valence-electron chi connectivity index (χ4n) is 4.02. The smallest absolute Gasteiger partial charge is 0.157 e. The average molecular weight is 387 g/mol. The number of halogens is 2. The van der Waals surface area contributed by atoms with E-state index in [0.717, 1.165) is 12.8 Å². The van der Waals surface area contributed by atoms with Gasteiger partial charge in [0, 0.05) is 0 Å². The van der Waals surface area contributed by atoms with Crippen LogP contribution in [-0.2, 0) is 15.6 Å². The van der Waals surface area contributed by atoms with E-state index in [4.69, 9.17) is 23.2 Å². The van der Waals surface area contributed by atoms with Gasteiger partial charge in [-0.3, -0.25) is 0 Å². The molecule has 0 amide bonds. The van der Waals surface area contributed by atoms with E-state index >= 15 is 0 Å². The second-order valence-electron chi connectivity index (χ2n) is 7.90. The van der Waals surface area contributed by atoms with Crippen LogP contribution < -0.4 is 0 Å². The first-order chi connectivity index (χ1) is 11.2. The fraction of sp³-hybridized carbons (Fsp3) is 0.579. The third-order valence-electron chi connectivity index (χ3n) is 5.40. The van der Waals surface area contributed by atoms with Gasteiger partial charge in [0.25, 0.3) is 0 Å². The highest BCUT2D eigenvalue weighted by atomic mass is 35.5. The van der Waals surface area contributed by atoms with Crippen molar-refractivity contribution in [2.75, 3.05) is 0 Å². The molecule has 1 fully saturated rings. The maximum absolute atomic E-state index is 12.9. The second-order valence-corrected chi connectivity index (χ2v) is 11.0. The minimum atomic E-state index is -3.20. The highest BCUT2D eigenvalue weighted by Gasteiger charge is 2.37. The SMILES string of the molecule is CC1(C)C=C2CC(S(=O)(=O)Cc3ccc(Cl)c(Cl)c3)CCC2CC1. The van der Waals surface area contributed by atoms with Gasteiger partial charge in [-0.15, -0.1) is 0 Å². The lowest BCUT2D eigenvalue weighted by atomic mass is 9.70. The van der Waals surface area contributed by atoms with Crippen molar-refractivity contribution in [1.29, 1.82) is 0 Å². The van der Waals surface area contributed by atoms with Gasteiger partial charge < -0.3 is 0 Å². The summed E-state index contributed by atoms with van der Waals surface area (Å²) in [7, 11) is -3.20. The molecule has 0 bridgehead atoms. The summed E-state index contributed by atoms with van der Waals surface area (Å²) >= 11 is 11.9. The van der Waals surface area contributed by atoms with Crippen LogP contribution in [-0.4, -0.2) is 13.7 Å². The molecule has 0 heterocycles. The zero-order valence-electron chi connectivity index (χ0n) is 14.2. The van der Waals surface area contributed by atoms with E-state index in [1.807, 2.05) is 0 Å². The van der Waals surface area contributed by atoms with Gasteiger partial charge in [0.1, 0.15) is 0 Å². The van der Waals surface area contributed by atoms with Crippen LogP contribution in [0.4, 0.5) is 0 Å². The van der Waals surface area contributed by atoms with E-state index < -0.39 is 9.84 Å². The van der Waals surface area contributed by atoms with E-state index in [2.05, 4.69) is 19.9 Å². The molecule has 0 aromatic heterocycles. The van der Waals surface area contributed by atoms with Gasteiger partial charge >= 0.3 is 0 Å². The topological polar surface area (TPSA) is 34.1 Å². The van der Waals surface area contributed by atoms with Gasteiger partial charge in [-0.2, -0.15) is 0 Å². The minimum absolute atomic E-state index is 0.0376. The van der Waals surface area contributed by atoms with Gasteiger partial charge in [-0.05, 0) is 61.1 Å². The van der Waals surface area contributed by atoms with Crippen molar-refractivity contribution in [2.45, 2.75) is 57.0 Å². The number of hydrogen-bond donors (Lipinski definition) is 0. The Bertz CT molecular complexity index is 766. The van der Waals surface area contributed by atoms with Crippen molar-refractivity contribution >= 4 is 33.0 Å². The van der Waals surface area contributed by atoms with Crippen LogP contribution in [0.3, 0.4) is 0 Å². The Labute approximate surface area is 155 Å². The van der Waals surface area contributed by atoms with Crippen LogP contribution in [0.25, 0.3) is 0 Å². The summed E-state index contributed by atoms with van der Waals surface area (Å²) in [6, 6.07) is 5.08. The number of sulfone groups is 1. The molecule has 0 aliphatic heterocycles. The molecule has 5 heteroatoms. The molecule has 0 saturated heterocycles. The number of allylic oxidation sites excluding steroid dienone is 2. The molecule has 3 rings (SSSR count). The zero-order chi connectivity index (χ0) is 17.5. The molecule has 1 aromatic rings. The molecule has 2 aliphatic carbocycles. The molecule has 2 nitrogen and oxygen atoms in total. The quantitative estimate of drug-likeness (QED) is 0.612. The fourth-order valence-corrected chi connectivity index (χ4v) is 6.16. The van der Waals surface area contributed by atoms with E-state index in [0.29, 0.717) is 27.9 Å². The predicted molar refractivity (Wildman–Crippen MR) is 101 cm³/mol. The third-order valence-corrected chi connectivity index (χ3v) is 8.29. The first-order valence-corrected chi connectivity index (χ1v) is 11.0. The predicted octanol–water partition coefficient (Wildman–Crippen LogP) is 5.82. The zero-order valence-corrected chi connectivity index (χ0v) is 16.5.